The van der Waals surface area contributed by atoms with E-state index in [1.54, 1.807) is 29.2 Å². The number of carboxylic acid groups (broad SMARTS) is 1. The molecule has 1 aromatic carbocycles. The Morgan fingerprint density at radius 2 is 2.14 bits per heavy atom. The van der Waals surface area contributed by atoms with Crippen LogP contribution in [0.1, 0.15) is 36.5 Å². The first kappa shape index (κ1) is 15.8. The molecule has 1 aliphatic heterocycles. The number of carboxylic acids is 1. The summed E-state index contributed by atoms with van der Waals surface area (Å²) in [5, 5.41) is 9.37. The summed E-state index contributed by atoms with van der Waals surface area (Å²) in [6, 6.07) is 7.04. The number of aliphatic carboxylic acids is 1. The number of benzene rings is 1. The molecule has 1 N–H and O–H groups in total. The third-order valence-corrected chi connectivity index (χ3v) is 4.48. The summed E-state index contributed by atoms with van der Waals surface area (Å²) in [6.07, 6.45) is 2.03. The Morgan fingerprint density at radius 3 is 2.81 bits per heavy atom. The van der Waals surface area contributed by atoms with Gasteiger partial charge in [-0.05, 0) is 36.8 Å². The summed E-state index contributed by atoms with van der Waals surface area (Å²) in [6.45, 7) is 3.26. The van der Waals surface area contributed by atoms with Crippen molar-refractivity contribution >= 4 is 23.5 Å². The number of hydrogen-bond donors (Lipinski definition) is 1. The molecule has 114 valence electrons. The predicted octanol–water partition coefficient (Wildman–Crippen LogP) is 3.30. The summed E-state index contributed by atoms with van der Waals surface area (Å²) in [5.74, 6) is -0.532. The van der Waals surface area contributed by atoms with Crippen LogP contribution in [0.25, 0.3) is 0 Å². The van der Waals surface area contributed by atoms with Gasteiger partial charge >= 0.3 is 5.97 Å². The fourth-order valence-electron chi connectivity index (χ4n) is 2.91. The molecule has 4 nitrogen and oxygen atoms in total. The lowest BCUT2D eigenvalue weighted by Gasteiger charge is -2.35. The van der Waals surface area contributed by atoms with Crippen molar-refractivity contribution in [3.63, 3.8) is 0 Å². The largest absolute Gasteiger partial charge is 0.481 e. The summed E-state index contributed by atoms with van der Waals surface area (Å²) >= 11 is 6.08. The van der Waals surface area contributed by atoms with Crippen molar-refractivity contribution in [3.05, 3.63) is 34.9 Å². The monoisotopic (exact) mass is 309 g/mol. The van der Waals surface area contributed by atoms with Crippen LogP contribution in [0.5, 0.6) is 0 Å². The molecule has 0 radical (unpaired) electrons. The first-order chi connectivity index (χ1) is 9.99. The second-order valence-electron chi connectivity index (χ2n) is 5.71. The number of amides is 1. The van der Waals surface area contributed by atoms with E-state index in [0.29, 0.717) is 23.7 Å². The molecule has 1 aromatic rings. The second kappa shape index (κ2) is 6.94. The van der Waals surface area contributed by atoms with Gasteiger partial charge in [0.25, 0.3) is 5.91 Å². The Morgan fingerprint density at radius 1 is 1.43 bits per heavy atom. The number of nitrogens with zero attached hydrogens (tertiary/aromatic N) is 1. The van der Waals surface area contributed by atoms with E-state index < -0.39 is 5.97 Å². The highest BCUT2D eigenvalue weighted by atomic mass is 35.5. The van der Waals surface area contributed by atoms with Crippen LogP contribution in [0, 0.1) is 11.8 Å². The molecule has 1 heterocycles. The van der Waals surface area contributed by atoms with Gasteiger partial charge in [0.2, 0.25) is 0 Å². The van der Waals surface area contributed by atoms with Crippen LogP contribution in [0.3, 0.4) is 0 Å². The van der Waals surface area contributed by atoms with Crippen molar-refractivity contribution in [2.24, 2.45) is 11.8 Å². The van der Waals surface area contributed by atoms with Crippen molar-refractivity contribution in [2.45, 2.75) is 26.2 Å². The maximum absolute atomic E-state index is 12.5. The van der Waals surface area contributed by atoms with Crippen LogP contribution in [-0.4, -0.2) is 35.0 Å². The summed E-state index contributed by atoms with van der Waals surface area (Å²) in [7, 11) is 0. The first-order valence-corrected chi connectivity index (χ1v) is 7.62. The molecule has 1 saturated heterocycles. The van der Waals surface area contributed by atoms with Crippen molar-refractivity contribution in [3.8, 4) is 0 Å². The van der Waals surface area contributed by atoms with Crippen molar-refractivity contribution in [1.29, 1.82) is 0 Å². The van der Waals surface area contributed by atoms with Crippen LogP contribution >= 0.6 is 11.6 Å². The van der Waals surface area contributed by atoms with Gasteiger partial charge in [-0.2, -0.15) is 0 Å². The van der Waals surface area contributed by atoms with Gasteiger partial charge in [-0.1, -0.05) is 30.7 Å². The Hall–Kier alpha value is -1.55. The summed E-state index contributed by atoms with van der Waals surface area (Å²) in [4.78, 5) is 25.2. The normalized spacial score (nSPS) is 20.1. The average molecular weight is 310 g/mol. The topological polar surface area (TPSA) is 57.6 Å². The van der Waals surface area contributed by atoms with Crippen LogP contribution in [-0.2, 0) is 4.79 Å². The highest BCUT2D eigenvalue weighted by molar-refractivity contribution is 6.33. The molecule has 2 rings (SSSR count). The van der Waals surface area contributed by atoms with Gasteiger partial charge in [-0.3, -0.25) is 9.59 Å². The van der Waals surface area contributed by atoms with Gasteiger partial charge in [-0.15, -0.1) is 0 Å². The van der Waals surface area contributed by atoms with Gasteiger partial charge in [0, 0.05) is 19.5 Å². The Balaban J connectivity index is 2.05. The number of piperidine rings is 1. The van der Waals surface area contributed by atoms with Gasteiger partial charge < -0.3 is 10.0 Å². The minimum atomic E-state index is -0.781. The predicted molar refractivity (Wildman–Crippen MR) is 81.5 cm³/mol. The van der Waals surface area contributed by atoms with E-state index in [2.05, 4.69) is 0 Å². The molecule has 0 saturated carbocycles. The third kappa shape index (κ3) is 3.97. The van der Waals surface area contributed by atoms with E-state index in [1.807, 2.05) is 6.92 Å². The Bertz CT molecular complexity index is 532. The fraction of sp³-hybridized carbons (Fsp3) is 0.500. The van der Waals surface area contributed by atoms with E-state index >= 15 is 0 Å². The molecular formula is C16H20ClNO3. The molecule has 0 aliphatic carbocycles. The summed E-state index contributed by atoms with van der Waals surface area (Å²) < 4.78 is 0. The number of carbonyl (C=O) groups excluding carboxylic acids is 1. The van der Waals surface area contributed by atoms with E-state index in [9.17, 15) is 9.59 Å². The maximum Gasteiger partial charge on any atom is 0.303 e. The summed E-state index contributed by atoms with van der Waals surface area (Å²) in [5.41, 5.74) is 0.519. The fourth-order valence-corrected chi connectivity index (χ4v) is 3.12. The minimum Gasteiger partial charge on any atom is -0.481 e. The molecule has 0 bridgehead atoms. The van der Waals surface area contributed by atoms with Crippen molar-refractivity contribution in [2.75, 3.05) is 13.1 Å². The quantitative estimate of drug-likeness (QED) is 0.928. The van der Waals surface area contributed by atoms with Crippen LogP contribution in [0.15, 0.2) is 24.3 Å². The van der Waals surface area contributed by atoms with E-state index in [4.69, 9.17) is 16.7 Å². The molecular weight excluding hydrogens is 290 g/mol. The van der Waals surface area contributed by atoms with E-state index in [1.165, 1.54) is 0 Å². The minimum absolute atomic E-state index is 0.0622. The molecule has 21 heavy (non-hydrogen) atoms. The SMILES string of the molecule is CC(CC(=O)O)C1CCCN(C(=O)c2ccccc2Cl)C1. The van der Waals surface area contributed by atoms with Crippen LogP contribution in [0.4, 0.5) is 0 Å². The zero-order valence-corrected chi connectivity index (χ0v) is 12.8. The number of likely N-dealkylation sites (tertiary alicyclic amines) is 1. The van der Waals surface area contributed by atoms with Crippen LogP contribution in [0.2, 0.25) is 5.02 Å². The van der Waals surface area contributed by atoms with E-state index in [-0.39, 0.29) is 24.2 Å². The molecule has 0 spiro atoms. The Kier molecular flexibility index (Phi) is 5.23. The highest BCUT2D eigenvalue weighted by Crippen LogP contribution is 2.28. The third-order valence-electron chi connectivity index (χ3n) is 4.15. The molecule has 2 unspecified atom stereocenters. The second-order valence-corrected chi connectivity index (χ2v) is 6.12. The molecule has 2 atom stereocenters. The standard InChI is InChI=1S/C16H20ClNO3/c1-11(9-15(19)20)12-5-4-8-18(10-12)16(21)13-6-2-3-7-14(13)17/h2-3,6-7,11-12H,4-5,8-10H2,1H3,(H,19,20). The average Bonchev–Trinajstić information content (AvgIpc) is 2.46. The maximum atomic E-state index is 12.5. The Labute approximate surface area is 129 Å². The highest BCUT2D eigenvalue weighted by Gasteiger charge is 2.29. The van der Waals surface area contributed by atoms with Gasteiger partial charge in [0.05, 0.1) is 10.6 Å². The molecule has 1 amide bonds. The van der Waals surface area contributed by atoms with Gasteiger partial charge in [0.15, 0.2) is 0 Å². The van der Waals surface area contributed by atoms with Crippen molar-refractivity contribution < 1.29 is 14.7 Å². The van der Waals surface area contributed by atoms with E-state index in [0.717, 1.165) is 12.8 Å². The van der Waals surface area contributed by atoms with Gasteiger partial charge in [0.1, 0.15) is 0 Å². The molecule has 1 aliphatic rings. The molecule has 0 aromatic heterocycles. The number of hydrogen-bond acceptors (Lipinski definition) is 2. The molecule has 1 fully saturated rings. The first-order valence-electron chi connectivity index (χ1n) is 7.24. The lowest BCUT2D eigenvalue weighted by Crippen LogP contribution is -2.42. The van der Waals surface area contributed by atoms with Crippen molar-refractivity contribution in [1.82, 2.24) is 4.90 Å². The zero-order chi connectivity index (χ0) is 15.4. The number of rotatable bonds is 4. The lowest BCUT2D eigenvalue weighted by molar-refractivity contribution is -0.138. The van der Waals surface area contributed by atoms with Gasteiger partial charge in [-0.25, -0.2) is 0 Å². The zero-order valence-electron chi connectivity index (χ0n) is 12.1. The van der Waals surface area contributed by atoms with Crippen LogP contribution < -0.4 is 0 Å². The smallest absolute Gasteiger partial charge is 0.303 e. The lowest BCUT2D eigenvalue weighted by atomic mass is 9.84. The number of halogens is 1. The number of carbonyl (C=O) groups is 2. The molecule has 5 heteroatoms.